The normalized spacial score (nSPS) is 17.2. The Morgan fingerprint density at radius 3 is 2.77 bits per heavy atom. The van der Waals surface area contributed by atoms with Crippen LogP contribution in [0, 0.1) is 0 Å². The minimum atomic E-state index is 0.297. The third-order valence-corrected chi connectivity index (χ3v) is 4.23. The van der Waals surface area contributed by atoms with Crippen molar-refractivity contribution in [1.82, 2.24) is 20.1 Å². The Morgan fingerprint density at radius 2 is 1.95 bits per heavy atom. The van der Waals surface area contributed by atoms with Gasteiger partial charge in [-0.2, -0.15) is 5.10 Å². The van der Waals surface area contributed by atoms with Crippen LogP contribution in [0.5, 0.6) is 0 Å². The molecule has 110 valence electrons. The molecule has 1 aromatic heterocycles. The summed E-state index contributed by atoms with van der Waals surface area (Å²) >= 11 is 0. The minimum absolute atomic E-state index is 0.297. The molecule has 4 nitrogen and oxygen atoms in total. The number of nitrogens with zero attached hydrogens (tertiary/aromatic N) is 3. The van der Waals surface area contributed by atoms with E-state index in [1.165, 1.54) is 22.3 Å². The predicted octanol–water partition coefficient (Wildman–Crippen LogP) is 2.56. The van der Waals surface area contributed by atoms with Crippen molar-refractivity contribution in [1.29, 1.82) is 0 Å². The number of hydrogen-bond acceptors (Lipinski definition) is 3. The number of benzene rings is 2. The van der Waals surface area contributed by atoms with E-state index >= 15 is 0 Å². The Kier molecular flexibility index (Phi) is 3.45. The van der Waals surface area contributed by atoms with Gasteiger partial charge in [-0.1, -0.05) is 48.5 Å². The lowest BCUT2D eigenvalue weighted by Gasteiger charge is -2.27. The molecule has 22 heavy (non-hydrogen) atoms. The van der Waals surface area contributed by atoms with Crippen LogP contribution in [0.2, 0.25) is 0 Å². The minimum Gasteiger partial charge on any atom is -0.306 e. The fraction of sp³-hybridized carbons (Fsp3) is 0.222. The van der Waals surface area contributed by atoms with Crippen molar-refractivity contribution in [2.24, 2.45) is 0 Å². The molecule has 2 aromatic carbocycles. The zero-order valence-corrected chi connectivity index (χ0v) is 12.3. The summed E-state index contributed by atoms with van der Waals surface area (Å²) in [5, 5.41) is 7.78. The van der Waals surface area contributed by atoms with E-state index < -0.39 is 0 Å². The van der Waals surface area contributed by atoms with Crippen molar-refractivity contribution < 1.29 is 0 Å². The van der Waals surface area contributed by atoms with Gasteiger partial charge in [0.1, 0.15) is 12.7 Å². The van der Waals surface area contributed by atoms with Crippen LogP contribution >= 0.6 is 0 Å². The van der Waals surface area contributed by atoms with Gasteiger partial charge < -0.3 is 5.32 Å². The first-order valence-electron chi connectivity index (χ1n) is 7.62. The van der Waals surface area contributed by atoms with E-state index in [1.807, 2.05) is 4.68 Å². The summed E-state index contributed by atoms with van der Waals surface area (Å²) in [5.41, 5.74) is 5.41. The average Bonchev–Trinajstić information content (AvgIpc) is 3.08. The van der Waals surface area contributed by atoms with Gasteiger partial charge in [0.05, 0.1) is 12.6 Å². The summed E-state index contributed by atoms with van der Waals surface area (Å²) in [4.78, 5) is 3.98. The second kappa shape index (κ2) is 5.73. The highest BCUT2D eigenvalue weighted by atomic mass is 15.3. The molecular formula is C18H18N4. The molecule has 0 amide bonds. The summed E-state index contributed by atoms with van der Waals surface area (Å²) in [7, 11) is 0. The van der Waals surface area contributed by atoms with Crippen molar-refractivity contribution in [2.45, 2.75) is 19.0 Å². The Hall–Kier alpha value is -2.46. The molecule has 0 spiro atoms. The fourth-order valence-corrected chi connectivity index (χ4v) is 3.12. The number of fused-ring (bicyclic) bond motifs is 1. The lowest BCUT2D eigenvalue weighted by atomic mass is 9.89. The quantitative estimate of drug-likeness (QED) is 0.806. The topological polar surface area (TPSA) is 42.7 Å². The van der Waals surface area contributed by atoms with Gasteiger partial charge in [0.25, 0.3) is 0 Å². The van der Waals surface area contributed by atoms with Gasteiger partial charge in [-0.05, 0) is 28.7 Å². The van der Waals surface area contributed by atoms with Crippen molar-refractivity contribution in [3.8, 4) is 0 Å². The molecule has 1 unspecified atom stereocenters. The van der Waals surface area contributed by atoms with Gasteiger partial charge in [0.2, 0.25) is 0 Å². The van der Waals surface area contributed by atoms with Gasteiger partial charge in [-0.15, -0.1) is 0 Å². The summed E-state index contributed by atoms with van der Waals surface area (Å²) < 4.78 is 1.84. The van der Waals surface area contributed by atoms with Crippen molar-refractivity contribution in [3.05, 3.63) is 83.4 Å². The molecule has 0 saturated heterocycles. The summed E-state index contributed by atoms with van der Waals surface area (Å²) in [5.74, 6) is 0. The maximum absolute atomic E-state index is 4.15. The Balaban J connectivity index is 1.59. The number of rotatable bonds is 3. The third kappa shape index (κ3) is 2.53. The molecule has 1 N–H and O–H groups in total. The maximum Gasteiger partial charge on any atom is 0.137 e. The van der Waals surface area contributed by atoms with E-state index in [9.17, 15) is 0 Å². The fourth-order valence-electron chi connectivity index (χ4n) is 3.12. The predicted molar refractivity (Wildman–Crippen MR) is 85.6 cm³/mol. The maximum atomic E-state index is 4.15. The van der Waals surface area contributed by atoms with Crippen molar-refractivity contribution in [3.63, 3.8) is 0 Å². The Morgan fingerprint density at radius 1 is 1.09 bits per heavy atom. The summed E-state index contributed by atoms with van der Waals surface area (Å²) in [6, 6.07) is 17.8. The van der Waals surface area contributed by atoms with Crippen molar-refractivity contribution in [2.75, 3.05) is 6.54 Å². The lowest BCUT2D eigenvalue weighted by molar-refractivity contribution is 0.567. The number of aromatic nitrogens is 3. The first kappa shape index (κ1) is 13.2. The third-order valence-electron chi connectivity index (χ3n) is 4.23. The molecule has 1 aliphatic heterocycles. The SMILES string of the molecule is c1ccc2c(c1)CCNC2c1ccc(Cn2cncn2)cc1. The van der Waals surface area contributed by atoms with Gasteiger partial charge in [-0.3, -0.25) is 0 Å². The molecule has 1 aliphatic rings. The smallest absolute Gasteiger partial charge is 0.137 e. The number of nitrogens with one attached hydrogen (secondary N) is 1. The van der Waals surface area contributed by atoms with Gasteiger partial charge in [0, 0.05) is 6.54 Å². The highest BCUT2D eigenvalue weighted by Gasteiger charge is 2.20. The van der Waals surface area contributed by atoms with Crippen LogP contribution in [0.3, 0.4) is 0 Å². The van der Waals surface area contributed by atoms with E-state index in [1.54, 1.807) is 12.7 Å². The van der Waals surface area contributed by atoms with Gasteiger partial charge >= 0.3 is 0 Å². The van der Waals surface area contributed by atoms with E-state index in [-0.39, 0.29) is 0 Å². The molecule has 0 radical (unpaired) electrons. The summed E-state index contributed by atoms with van der Waals surface area (Å²) in [6.07, 6.45) is 4.42. The zero-order valence-electron chi connectivity index (χ0n) is 12.3. The number of hydrogen-bond donors (Lipinski definition) is 1. The Bertz CT molecular complexity index is 747. The van der Waals surface area contributed by atoms with Crippen LogP contribution in [0.25, 0.3) is 0 Å². The van der Waals surface area contributed by atoms with E-state index in [2.05, 4.69) is 63.9 Å². The van der Waals surface area contributed by atoms with E-state index in [4.69, 9.17) is 0 Å². The monoisotopic (exact) mass is 290 g/mol. The zero-order chi connectivity index (χ0) is 14.8. The average molecular weight is 290 g/mol. The standard InChI is InChI=1S/C18H18N4/c1-2-4-17-15(3-1)9-10-20-18(17)16-7-5-14(6-8-16)11-22-13-19-12-21-22/h1-8,12-13,18,20H,9-11H2. The molecule has 1 atom stereocenters. The van der Waals surface area contributed by atoms with Gasteiger partial charge in [-0.25, -0.2) is 9.67 Å². The van der Waals surface area contributed by atoms with Crippen LogP contribution in [0.4, 0.5) is 0 Å². The molecule has 0 aliphatic carbocycles. The first-order valence-corrected chi connectivity index (χ1v) is 7.62. The molecule has 0 fully saturated rings. The van der Waals surface area contributed by atoms with Crippen LogP contribution in [0.1, 0.15) is 28.3 Å². The van der Waals surface area contributed by atoms with E-state index in [0.717, 1.165) is 19.5 Å². The molecule has 2 heterocycles. The molecule has 4 heteroatoms. The molecule has 3 aromatic rings. The molecule has 0 saturated carbocycles. The second-order valence-corrected chi connectivity index (χ2v) is 5.67. The molecular weight excluding hydrogens is 272 g/mol. The van der Waals surface area contributed by atoms with Crippen LogP contribution in [-0.4, -0.2) is 21.3 Å². The summed E-state index contributed by atoms with van der Waals surface area (Å²) in [6.45, 7) is 1.79. The highest BCUT2D eigenvalue weighted by Crippen LogP contribution is 2.28. The first-order chi connectivity index (χ1) is 10.9. The van der Waals surface area contributed by atoms with Crippen molar-refractivity contribution >= 4 is 0 Å². The highest BCUT2D eigenvalue weighted by molar-refractivity contribution is 5.40. The van der Waals surface area contributed by atoms with Gasteiger partial charge in [0.15, 0.2) is 0 Å². The lowest BCUT2D eigenvalue weighted by Crippen LogP contribution is -2.30. The largest absolute Gasteiger partial charge is 0.306 e. The van der Waals surface area contributed by atoms with Crippen LogP contribution in [-0.2, 0) is 13.0 Å². The Labute approximate surface area is 129 Å². The van der Waals surface area contributed by atoms with Crippen LogP contribution in [0.15, 0.2) is 61.2 Å². The second-order valence-electron chi connectivity index (χ2n) is 5.67. The molecule has 0 bridgehead atoms. The van der Waals surface area contributed by atoms with E-state index in [0.29, 0.717) is 6.04 Å². The molecule has 4 rings (SSSR count). The van der Waals surface area contributed by atoms with Crippen LogP contribution < -0.4 is 5.32 Å².